The molecule has 0 atom stereocenters. The van der Waals surface area contributed by atoms with E-state index in [1.165, 1.54) is 76.6 Å². The van der Waals surface area contributed by atoms with Gasteiger partial charge >= 0.3 is 0 Å². The molecule has 0 spiro atoms. The SMILES string of the molecule is c1ccc(-c2ccc3c4cc(-c5ccc6c(c5)c5ccc7ccccc7c5n6-c5ccccc5)ccc4n(-c4ccc5oc6ccccc6c5c4)c3c2)cc1. The van der Waals surface area contributed by atoms with Crippen LogP contribution in [0.25, 0.3) is 110 Å². The molecule has 3 aromatic heterocycles. The first kappa shape index (κ1) is 30.1. The maximum Gasteiger partial charge on any atom is 0.135 e. The van der Waals surface area contributed by atoms with Gasteiger partial charge in [0, 0.05) is 49.1 Å². The van der Waals surface area contributed by atoms with E-state index in [4.69, 9.17) is 4.42 Å². The molecule has 0 radical (unpaired) electrons. The van der Waals surface area contributed by atoms with E-state index < -0.39 is 0 Å². The van der Waals surface area contributed by atoms with Gasteiger partial charge in [-0.15, -0.1) is 0 Å². The highest BCUT2D eigenvalue weighted by Gasteiger charge is 2.19. The summed E-state index contributed by atoms with van der Waals surface area (Å²) in [5.41, 5.74) is 13.7. The van der Waals surface area contributed by atoms with Crippen LogP contribution in [0.15, 0.2) is 199 Å². The largest absolute Gasteiger partial charge is 0.456 e. The molecule has 0 amide bonds. The smallest absolute Gasteiger partial charge is 0.135 e. The van der Waals surface area contributed by atoms with Crippen molar-refractivity contribution in [2.75, 3.05) is 0 Å². The van der Waals surface area contributed by atoms with Gasteiger partial charge in [0.25, 0.3) is 0 Å². The van der Waals surface area contributed by atoms with Gasteiger partial charge in [-0.3, -0.25) is 0 Å². The molecule has 12 aromatic rings. The van der Waals surface area contributed by atoms with Gasteiger partial charge < -0.3 is 13.6 Å². The van der Waals surface area contributed by atoms with Gasteiger partial charge in [-0.2, -0.15) is 0 Å². The van der Waals surface area contributed by atoms with Crippen LogP contribution in [0.5, 0.6) is 0 Å². The summed E-state index contributed by atoms with van der Waals surface area (Å²) < 4.78 is 11.1. The predicted octanol–water partition coefficient (Wildman–Crippen LogP) is 14.3. The van der Waals surface area contributed by atoms with E-state index in [-0.39, 0.29) is 0 Å². The Labute approximate surface area is 316 Å². The molecule has 0 saturated heterocycles. The molecule has 0 unspecified atom stereocenters. The fourth-order valence-corrected chi connectivity index (χ4v) is 8.95. The molecule has 0 aliphatic rings. The lowest BCUT2D eigenvalue weighted by molar-refractivity contribution is 0.669. The maximum absolute atomic E-state index is 6.24. The average Bonchev–Trinajstić information content (AvgIpc) is 3.91. The maximum atomic E-state index is 6.24. The fourth-order valence-electron chi connectivity index (χ4n) is 8.95. The van der Waals surface area contributed by atoms with Crippen LogP contribution in [0.3, 0.4) is 0 Å². The molecular weight excluding hydrogens is 669 g/mol. The molecule has 0 N–H and O–H groups in total. The van der Waals surface area contributed by atoms with Crippen molar-refractivity contribution in [3.8, 4) is 33.6 Å². The van der Waals surface area contributed by atoms with Gasteiger partial charge in [0.2, 0.25) is 0 Å². The summed E-state index contributed by atoms with van der Waals surface area (Å²) in [6.07, 6.45) is 0. The zero-order valence-electron chi connectivity index (χ0n) is 29.8. The minimum Gasteiger partial charge on any atom is -0.456 e. The van der Waals surface area contributed by atoms with E-state index in [1.807, 2.05) is 12.1 Å². The molecule has 12 rings (SSSR count). The quantitative estimate of drug-likeness (QED) is 0.179. The highest BCUT2D eigenvalue weighted by Crippen LogP contribution is 2.41. The third-order valence-electron chi connectivity index (χ3n) is 11.5. The van der Waals surface area contributed by atoms with E-state index >= 15 is 0 Å². The second kappa shape index (κ2) is 11.6. The third kappa shape index (κ3) is 4.50. The summed E-state index contributed by atoms with van der Waals surface area (Å²) in [7, 11) is 0. The van der Waals surface area contributed by atoms with Crippen LogP contribution in [0.4, 0.5) is 0 Å². The lowest BCUT2D eigenvalue weighted by Crippen LogP contribution is -1.94. The second-order valence-corrected chi connectivity index (χ2v) is 14.5. The molecule has 3 nitrogen and oxygen atoms in total. The molecular formula is C52H32N2O. The van der Waals surface area contributed by atoms with E-state index in [0.29, 0.717) is 0 Å². The van der Waals surface area contributed by atoms with E-state index in [1.54, 1.807) is 0 Å². The summed E-state index contributed by atoms with van der Waals surface area (Å²) in [6, 6.07) is 70.4. The Morgan fingerprint density at radius 1 is 0.291 bits per heavy atom. The number of hydrogen-bond acceptors (Lipinski definition) is 1. The summed E-state index contributed by atoms with van der Waals surface area (Å²) in [4.78, 5) is 0. The van der Waals surface area contributed by atoms with Crippen LogP contribution in [-0.2, 0) is 0 Å². The molecule has 0 bridgehead atoms. The second-order valence-electron chi connectivity index (χ2n) is 14.5. The Balaban J connectivity index is 1.09. The number of aromatic nitrogens is 2. The first-order valence-corrected chi connectivity index (χ1v) is 18.8. The van der Waals surface area contributed by atoms with Gasteiger partial charge in [0.05, 0.1) is 22.1 Å². The zero-order valence-corrected chi connectivity index (χ0v) is 29.8. The van der Waals surface area contributed by atoms with Crippen LogP contribution < -0.4 is 0 Å². The zero-order chi connectivity index (χ0) is 36.0. The molecule has 0 fully saturated rings. The van der Waals surface area contributed by atoms with E-state index in [9.17, 15) is 0 Å². The number of fused-ring (bicyclic) bond motifs is 11. The van der Waals surface area contributed by atoms with Crippen LogP contribution in [0.2, 0.25) is 0 Å². The highest BCUT2D eigenvalue weighted by molar-refractivity contribution is 6.19. The fraction of sp³-hybridized carbons (Fsp3) is 0. The first-order valence-electron chi connectivity index (χ1n) is 18.8. The standard InChI is InChI=1S/C52H32N2O/c1-3-11-33(12-4-1)37-20-24-41-44-29-35(21-26-47(44)53(49(41)31-37)39-23-28-51-46(32-39)42-17-9-10-18-50(42)55-51)36-22-27-48-45(30-36)43-25-19-34-13-7-8-16-40(34)52(43)54(48)38-14-5-2-6-15-38/h1-32H. The van der Waals surface area contributed by atoms with Gasteiger partial charge in [-0.1, -0.05) is 127 Å². The molecule has 256 valence electrons. The summed E-state index contributed by atoms with van der Waals surface area (Å²) in [5, 5.41) is 9.70. The lowest BCUT2D eigenvalue weighted by atomic mass is 9.99. The molecule has 9 aromatic carbocycles. The molecule has 55 heavy (non-hydrogen) atoms. The molecule has 3 heteroatoms. The van der Waals surface area contributed by atoms with Crippen LogP contribution in [0.1, 0.15) is 0 Å². The van der Waals surface area contributed by atoms with Crippen molar-refractivity contribution in [2.24, 2.45) is 0 Å². The normalized spacial score (nSPS) is 12.0. The lowest BCUT2D eigenvalue weighted by Gasteiger charge is -2.10. The monoisotopic (exact) mass is 700 g/mol. The Morgan fingerprint density at radius 2 is 0.909 bits per heavy atom. The number of rotatable bonds is 4. The summed E-state index contributed by atoms with van der Waals surface area (Å²) in [5.74, 6) is 0. The highest BCUT2D eigenvalue weighted by atomic mass is 16.3. The third-order valence-corrected chi connectivity index (χ3v) is 11.5. The van der Waals surface area contributed by atoms with Crippen molar-refractivity contribution in [1.29, 1.82) is 0 Å². The Hall–Kier alpha value is -7.36. The van der Waals surface area contributed by atoms with Crippen molar-refractivity contribution in [2.45, 2.75) is 0 Å². The minimum absolute atomic E-state index is 0.898. The van der Waals surface area contributed by atoms with Crippen molar-refractivity contribution >= 4 is 76.3 Å². The van der Waals surface area contributed by atoms with Gasteiger partial charge in [0.1, 0.15) is 11.2 Å². The number of furan rings is 1. The topological polar surface area (TPSA) is 23.0 Å². The van der Waals surface area contributed by atoms with Crippen molar-refractivity contribution in [3.63, 3.8) is 0 Å². The number of nitrogens with zero attached hydrogens (tertiary/aromatic N) is 2. The van der Waals surface area contributed by atoms with Crippen LogP contribution in [-0.4, -0.2) is 9.13 Å². The first-order chi connectivity index (χ1) is 27.3. The number of para-hydroxylation sites is 2. The summed E-state index contributed by atoms with van der Waals surface area (Å²) >= 11 is 0. The van der Waals surface area contributed by atoms with Gasteiger partial charge in [-0.05, 0) is 94.4 Å². The van der Waals surface area contributed by atoms with E-state index in [2.05, 4.69) is 191 Å². The Morgan fingerprint density at radius 3 is 1.73 bits per heavy atom. The molecule has 0 saturated carbocycles. The predicted molar refractivity (Wildman–Crippen MR) is 231 cm³/mol. The number of hydrogen-bond donors (Lipinski definition) is 0. The van der Waals surface area contributed by atoms with Gasteiger partial charge in [0.15, 0.2) is 0 Å². The molecule has 0 aliphatic carbocycles. The van der Waals surface area contributed by atoms with Crippen molar-refractivity contribution in [1.82, 2.24) is 9.13 Å². The van der Waals surface area contributed by atoms with Crippen molar-refractivity contribution in [3.05, 3.63) is 194 Å². The Bertz CT molecular complexity index is 3470. The van der Waals surface area contributed by atoms with Crippen LogP contribution >= 0.6 is 0 Å². The van der Waals surface area contributed by atoms with Crippen LogP contribution in [0, 0.1) is 0 Å². The van der Waals surface area contributed by atoms with E-state index in [0.717, 1.165) is 33.3 Å². The average molecular weight is 701 g/mol. The van der Waals surface area contributed by atoms with Crippen molar-refractivity contribution < 1.29 is 4.42 Å². The Kier molecular flexibility index (Phi) is 6.34. The summed E-state index contributed by atoms with van der Waals surface area (Å²) in [6.45, 7) is 0. The molecule has 3 heterocycles. The minimum atomic E-state index is 0.898. The molecule has 0 aliphatic heterocycles. The van der Waals surface area contributed by atoms with Gasteiger partial charge in [-0.25, -0.2) is 0 Å². The number of benzene rings is 9.